The summed E-state index contributed by atoms with van der Waals surface area (Å²) in [6.07, 6.45) is 2.66. The normalized spacial score (nSPS) is 36.1. The number of ether oxygens (including phenoxy) is 3. The summed E-state index contributed by atoms with van der Waals surface area (Å²) in [5.41, 5.74) is 0. The maximum absolute atomic E-state index is 11.4. The first kappa shape index (κ1) is 11.9. The van der Waals surface area contributed by atoms with E-state index in [4.69, 9.17) is 14.2 Å². The molecule has 0 aromatic carbocycles. The smallest absolute Gasteiger partial charge is 0.306 e. The van der Waals surface area contributed by atoms with E-state index in [-0.39, 0.29) is 24.1 Å². The largest absolute Gasteiger partial charge is 0.466 e. The fourth-order valence-corrected chi connectivity index (χ4v) is 2.68. The first-order chi connectivity index (χ1) is 7.52. The van der Waals surface area contributed by atoms with Crippen molar-refractivity contribution in [3.8, 4) is 0 Å². The van der Waals surface area contributed by atoms with Crippen molar-refractivity contribution in [2.24, 2.45) is 5.92 Å². The highest BCUT2D eigenvalue weighted by Crippen LogP contribution is 2.42. The number of carbonyl (C=O) groups excluding carboxylic acids is 1. The van der Waals surface area contributed by atoms with E-state index in [1.165, 1.54) is 0 Å². The van der Waals surface area contributed by atoms with E-state index in [0.29, 0.717) is 13.0 Å². The summed E-state index contributed by atoms with van der Waals surface area (Å²) < 4.78 is 16.6. The van der Waals surface area contributed by atoms with E-state index in [2.05, 4.69) is 0 Å². The maximum atomic E-state index is 11.4. The lowest BCUT2D eigenvalue weighted by Crippen LogP contribution is -2.27. The van der Waals surface area contributed by atoms with Crippen LogP contribution in [0.3, 0.4) is 0 Å². The van der Waals surface area contributed by atoms with Gasteiger partial charge < -0.3 is 14.2 Å². The molecule has 0 N–H and O–H groups in total. The van der Waals surface area contributed by atoms with Crippen molar-refractivity contribution >= 4 is 5.97 Å². The summed E-state index contributed by atoms with van der Waals surface area (Å²) in [6, 6.07) is 0. The molecule has 1 heterocycles. The highest BCUT2D eigenvalue weighted by atomic mass is 16.8. The van der Waals surface area contributed by atoms with Crippen LogP contribution in [-0.4, -0.2) is 30.6 Å². The summed E-state index contributed by atoms with van der Waals surface area (Å²) in [7, 11) is 0. The average Bonchev–Trinajstić information content (AvgIpc) is 2.64. The lowest BCUT2D eigenvalue weighted by Gasteiger charge is -2.21. The first-order valence-electron chi connectivity index (χ1n) is 6.03. The molecule has 2 rings (SSSR count). The molecule has 16 heavy (non-hydrogen) atoms. The van der Waals surface area contributed by atoms with Crippen LogP contribution in [0.5, 0.6) is 0 Å². The molecular weight excluding hydrogens is 208 g/mol. The van der Waals surface area contributed by atoms with Gasteiger partial charge in [0.15, 0.2) is 5.79 Å². The van der Waals surface area contributed by atoms with Gasteiger partial charge in [-0.05, 0) is 39.5 Å². The Kier molecular flexibility index (Phi) is 3.22. The second kappa shape index (κ2) is 4.34. The second-order valence-electron chi connectivity index (χ2n) is 4.99. The Hall–Kier alpha value is -0.610. The third kappa shape index (κ3) is 2.38. The molecule has 1 saturated carbocycles. The van der Waals surface area contributed by atoms with Crippen LogP contribution in [0.1, 0.15) is 40.0 Å². The fourth-order valence-electron chi connectivity index (χ4n) is 2.68. The molecule has 0 spiro atoms. The second-order valence-corrected chi connectivity index (χ2v) is 4.99. The molecule has 0 radical (unpaired) electrons. The Morgan fingerprint density at radius 3 is 2.81 bits per heavy atom. The van der Waals surface area contributed by atoms with Crippen molar-refractivity contribution in [3.05, 3.63) is 0 Å². The number of rotatable bonds is 3. The number of carbonyl (C=O) groups is 1. The van der Waals surface area contributed by atoms with E-state index >= 15 is 0 Å². The third-order valence-corrected chi connectivity index (χ3v) is 3.24. The molecule has 0 amide bonds. The molecule has 3 atom stereocenters. The Bertz CT molecular complexity index is 274. The Balaban J connectivity index is 1.91. The van der Waals surface area contributed by atoms with Crippen molar-refractivity contribution in [1.29, 1.82) is 0 Å². The Morgan fingerprint density at radius 2 is 2.12 bits per heavy atom. The number of esters is 1. The van der Waals surface area contributed by atoms with E-state index < -0.39 is 5.79 Å². The molecule has 3 unspecified atom stereocenters. The van der Waals surface area contributed by atoms with Crippen molar-refractivity contribution in [3.63, 3.8) is 0 Å². The zero-order valence-corrected chi connectivity index (χ0v) is 10.2. The van der Waals surface area contributed by atoms with Gasteiger partial charge in [0.2, 0.25) is 0 Å². The van der Waals surface area contributed by atoms with Gasteiger partial charge in [0.25, 0.3) is 0 Å². The van der Waals surface area contributed by atoms with E-state index in [0.717, 1.165) is 12.8 Å². The molecule has 4 heteroatoms. The SMILES string of the molecule is CCOC(=O)CC1CCC2OC(C)(C)OC12. The summed E-state index contributed by atoms with van der Waals surface area (Å²) in [6.45, 7) is 6.12. The van der Waals surface area contributed by atoms with Crippen LogP contribution >= 0.6 is 0 Å². The standard InChI is InChI=1S/C12H20O4/c1-4-14-10(13)7-8-5-6-9-11(8)16-12(2,3)15-9/h8-9,11H,4-7H2,1-3H3. The monoisotopic (exact) mass is 228 g/mol. The summed E-state index contributed by atoms with van der Waals surface area (Å²) in [5, 5.41) is 0. The van der Waals surface area contributed by atoms with Gasteiger partial charge in [-0.3, -0.25) is 4.79 Å². The molecule has 2 aliphatic rings. The molecule has 0 aromatic heterocycles. The molecule has 2 fully saturated rings. The van der Waals surface area contributed by atoms with Crippen LogP contribution in [0.2, 0.25) is 0 Å². The van der Waals surface area contributed by atoms with Crippen LogP contribution in [-0.2, 0) is 19.0 Å². The van der Waals surface area contributed by atoms with Crippen molar-refractivity contribution in [2.45, 2.75) is 58.0 Å². The molecule has 1 saturated heterocycles. The predicted molar refractivity (Wildman–Crippen MR) is 57.8 cm³/mol. The quantitative estimate of drug-likeness (QED) is 0.692. The summed E-state index contributed by atoms with van der Waals surface area (Å²) in [5.74, 6) is -0.366. The molecule has 1 aliphatic carbocycles. The van der Waals surface area contributed by atoms with Gasteiger partial charge in [0.1, 0.15) is 0 Å². The molecule has 0 aromatic rings. The van der Waals surface area contributed by atoms with E-state index in [9.17, 15) is 4.79 Å². The Labute approximate surface area is 96.2 Å². The lowest BCUT2D eigenvalue weighted by molar-refractivity contribution is -0.160. The zero-order valence-electron chi connectivity index (χ0n) is 10.2. The van der Waals surface area contributed by atoms with E-state index in [1.54, 1.807) is 0 Å². The van der Waals surface area contributed by atoms with Gasteiger partial charge in [-0.2, -0.15) is 0 Å². The highest BCUT2D eigenvalue weighted by Gasteiger charge is 2.49. The molecule has 92 valence electrons. The van der Waals surface area contributed by atoms with Crippen molar-refractivity contribution < 1.29 is 19.0 Å². The predicted octanol–water partition coefficient (Wildman–Crippen LogP) is 1.87. The third-order valence-electron chi connectivity index (χ3n) is 3.24. The van der Waals surface area contributed by atoms with Gasteiger partial charge in [-0.15, -0.1) is 0 Å². The van der Waals surface area contributed by atoms with Gasteiger partial charge in [0.05, 0.1) is 25.2 Å². The Morgan fingerprint density at radius 1 is 1.38 bits per heavy atom. The first-order valence-corrected chi connectivity index (χ1v) is 6.03. The topological polar surface area (TPSA) is 44.8 Å². The highest BCUT2D eigenvalue weighted by molar-refractivity contribution is 5.69. The van der Waals surface area contributed by atoms with Gasteiger partial charge in [0, 0.05) is 0 Å². The minimum atomic E-state index is -0.497. The average molecular weight is 228 g/mol. The van der Waals surface area contributed by atoms with Crippen molar-refractivity contribution in [1.82, 2.24) is 0 Å². The molecular formula is C12H20O4. The number of hydrogen-bond donors (Lipinski definition) is 0. The van der Waals surface area contributed by atoms with Crippen molar-refractivity contribution in [2.75, 3.05) is 6.61 Å². The van der Waals surface area contributed by atoms with Gasteiger partial charge in [-0.1, -0.05) is 0 Å². The number of fused-ring (bicyclic) bond motifs is 1. The maximum Gasteiger partial charge on any atom is 0.306 e. The minimum Gasteiger partial charge on any atom is -0.466 e. The van der Waals surface area contributed by atoms with Crippen LogP contribution in [0.25, 0.3) is 0 Å². The van der Waals surface area contributed by atoms with Crippen LogP contribution in [0.15, 0.2) is 0 Å². The lowest BCUT2D eigenvalue weighted by atomic mass is 10.0. The number of hydrogen-bond acceptors (Lipinski definition) is 4. The minimum absolute atomic E-state index is 0.0689. The molecule has 4 nitrogen and oxygen atoms in total. The molecule has 1 aliphatic heterocycles. The van der Waals surface area contributed by atoms with Crippen LogP contribution in [0.4, 0.5) is 0 Å². The molecule has 0 bridgehead atoms. The van der Waals surface area contributed by atoms with E-state index in [1.807, 2.05) is 20.8 Å². The van der Waals surface area contributed by atoms with Crippen LogP contribution in [0, 0.1) is 5.92 Å². The van der Waals surface area contributed by atoms with Crippen LogP contribution < -0.4 is 0 Å². The summed E-state index contributed by atoms with van der Waals surface area (Å²) >= 11 is 0. The van der Waals surface area contributed by atoms with Gasteiger partial charge >= 0.3 is 5.97 Å². The zero-order chi connectivity index (χ0) is 11.8. The van der Waals surface area contributed by atoms with Gasteiger partial charge in [-0.25, -0.2) is 0 Å². The fraction of sp³-hybridized carbons (Fsp3) is 0.917. The summed E-state index contributed by atoms with van der Waals surface area (Å²) in [4.78, 5) is 11.4.